The van der Waals surface area contributed by atoms with Crippen LogP contribution in [0.3, 0.4) is 0 Å². The van der Waals surface area contributed by atoms with Crippen LogP contribution in [-0.2, 0) is 0 Å². The Bertz CT molecular complexity index is 206. The summed E-state index contributed by atoms with van der Waals surface area (Å²) in [5.74, 6) is 0. The Morgan fingerprint density at radius 1 is 1.43 bits per heavy atom. The van der Waals surface area contributed by atoms with Crippen molar-refractivity contribution in [1.82, 2.24) is 10.2 Å². The van der Waals surface area contributed by atoms with Crippen molar-refractivity contribution in [2.24, 2.45) is 0 Å². The molecule has 0 aromatic carbocycles. The molecule has 0 aliphatic carbocycles. The molecule has 0 saturated carbocycles. The number of nitrogens with zero attached hydrogens (tertiary/aromatic N) is 1. The highest BCUT2D eigenvalue weighted by Crippen LogP contribution is 2.25. The van der Waals surface area contributed by atoms with Crippen LogP contribution in [0.25, 0.3) is 0 Å². The molecule has 0 spiro atoms. The fraction of sp³-hybridized carbons (Fsp3) is 0.833. The van der Waals surface area contributed by atoms with Crippen LogP contribution in [0, 0.1) is 0 Å². The summed E-state index contributed by atoms with van der Waals surface area (Å²) in [5, 5.41) is 3.63. The van der Waals surface area contributed by atoms with Gasteiger partial charge in [0.1, 0.15) is 0 Å². The van der Waals surface area contributed by atoms with E-state index in [0.29, 0.717) is 0 Å². The summed E-state index contributed by atoms with van der Waals surface area (Å²) < 4.78 is 0. The van der Waals surface area contributed by atoms with Crippen molar-refractivity contribution in [1.29, 1.82) is 0 Å². The summed E-state index contributed by atoms with van der Waals surface area (Å²) in [6, 6.07) is 1.55. The molecule has 2 fully saturated rings. The second-order valence-corrected chi connectivity index (χ2v) is 4.84. The third-order valence-electron chi connectivity index (χ3n) is 3.45. The van der Waals surface area contributed by atoms with Crippen molar-refractivity contribution in [3.63, 3.8) is 0 Å². The lowest BCUT2D eigenvalue weighted by Crippen LogP contribution is -2.44. The Hall–Kier alpha value is -0.340. The van der Waals surface area contributed by atoms with Gasteiger partial charge in [0.25, 0.3) is 0 Å². The topological polar surface area (TPSA) is 15.3 Å². The molecule has 14 heavy (non-hydrogen) atoms. The first-order chi connectivity index (χ1) is 6.77. The lowest BCUT2D eigenvalue weighted by molar-refractivity contribution is 0.231. The molecule has 2 heteroatoms. The van der Waals surface area contributed by atoms with Gasteiger partial charge in [-0.25, -0.2) is 0 Å². The number of rotatable bonds is 3. The van der Waals surface area contributed by atoms with Gasteiger partial charge in [-0.1, -0.05) is 12.2 Å². The van der Waals surface area contributed by atoms with E-state index in [-0.39, 0.29) is 0 Å². The number of nitrogens with one attached hydrogen (secondary N) is 1. The van der Waals surface area contributed by atoms with Gasteiger partial charge < -0.3 is 5.32 Å². The Morgan fingerprint density at radius 3 is 2.93 bits per heavy atom. The highest BCUT2D eigenvalue weighted by Gasteiger charge is 2.32. The predicted molar refractivity (Wildman–Crippen MR) is 60.4 cm³/mol. The van der Waals surface area contributed by atoms with E-state index in [1.807, 2.05) is 0 Å². The fourth-order valence-corrected chi connectivity index (χ4v) is 2.89. The van der Waals surface area contributed by atoms with Crippen molar-refractivity contribution >= 4 is 0 Å². The van der Waals surface area contributed by atoms with Crippen LogP contribution < -0.4 is 5.32 Å². The predicted octanol–water partition coefficient (Wildman–Crippen LogP) is 1.78. The van der Waals surface area contributed by atoms with Crippen molar-refractivity contribution in [2.75, 3.05) is 19.6 Å². The molecular formula is C12H22N2. The summed E-state index contributed by atoms with van der Waals surface area (Å²) in [6.07, 6.45) is 5.49. The Balaban J connectivity index is 1.92. The quantitative estimate of drug-likeness (QED) is 0.689. The van der Waals surface area contributed by atoms with Crippen molar-refractivity contribution < 1.29 is 0 Å². The van der Waals surface area contributed by atoms with Gasteiger partial charge in [0, 0.05) is 18.6 Å². The van der Waals surface area contributed by atoms with Gasteiger partial charge in [0.05, 0.1) is 0 Å². The smallest absolute Gasteiger partial charge is 0.0253 e. The first-order valence-corrected chi connectivity index (χ1v) is 5.89. The summed E-state index contributed by atoms with van der Waals surface area (Å²) in [5.41, 5.74) is 1.30. The monoisotopic (exact) mass is 194 g/mol. The number of likely N-dealkylation sites (tertiary alicyclic amines) is 1. The second-order valence-electron chi connectivity index (χ2n) is 4.84. The van der Waals surface area contributed by atoms with Gasteiger partial charge in [-0.05, 0) is 45.7 Å². The minimum atomic E-state index is 0.761. The Morgan fingerprint density at radius 2 is 2.29 bits per heavy atom. The van der Waals surface area contributed by atoms with Crippen LogP contribution in [0.4, 0.5) is 0 Å². The molecule has 2 rings (SSSR count). The van der Waals surface area contributed by atoms with Gasteiger partial charge >= 0.3 is 0 Å². The molecule has 2 atom stereocenters. The van der Waals surface area contributed by atoms with Crippen LogP contribution >= 0.6 is 0 Å². The maximum absolute atomic E-state index is 4.02. The molecule has 2 aliphatic rings. The van der Waals surface area contributed by atoms with Gasteiger partial charge in [-0.2, -0.15) is 0 Å². The lowest BCUT2D eigenvalue weighted by Gasteiger charge is -2.29. The molecule has 0 aromatic heterocycles. The maximum atomic E-state index is 4.02. The van der Waals surface area contributed by atoms with E-state index in [1.54, 1.807) is 0 Å². The highest BCUT2D eigenvalue weighted by atomic mass is 15.2. The molecule has 80 valence electrons. The zero-order valence-corrected chi connectivity index (χ0v) is 9.26. The average molecular weight is 194 g/mol. The summed E-state index contributed by atoms with van der Waals surface area (Å²) in [4.78, 5) is 2.62. The fourth-order valence-electron chi connectivity index (χ4n) is 2.89. The van der Waals surface area contributed by atoms with E-state index < -0.39 is 0 Å². The van der Waals surface area contributed by atoms with E-state index >= 15 is 0 Å². The molecule has 0 aromatic rings. The molecule has 0 amide bonds. The SMILES string of the molecule is C=C(C)CN1CCCC1C1CCCN1. The van der Waals surface area contributed by atoms with E-state index in [4.69, 9.17) is 0 Å². The van der Waals surface area contributed by atoms with E-state index in [0.717, 1.165) is 18.6 Å². The summed E-state index contributed by atoms with van der Waals surface area (Å²) in [6.45, 7) is 9.75. The minimum Gasteiger partial charge on any atom is -0.312 e. The van der Waals surface area contributed by atoms with Crippen LogP contribution in [0.5, 0.6) is 0 Å². The highest BCUT2D eigenvalue weighted by molar-refractivity contribution is 4.99. The van der Waals surface area contributed by atoms with Crippen LogP contribution in [0.2, 0.25) is 0 Å². The normalized spacial score (nSPS) is 33.8. The molecule has 0 radical (unpaired) electrons. The van der Waals surface area contributed by atoms with E-state index in [1.165, 1.54) is 44.3 Å². The summed E-state index contributed by atoms with van der Waals surface area (Å²) in [7, 11) is 0. The molecule has 2 heterocycles. The van der Waals surface area contributed by atoms with Crippen molar-refractivity contribution in [3.8, 4) is 0 Å². The largest absolute Gasteiger partial charge is 0.312 e. The number of hydrogen-bond donors (Lipinski definition) is 1. The van der Waals surface area contributed by atoms with Gasteiger partial charge in [-0.3, -0.25) is 4.90 Å². The molecular weight excluding hydrogens is 172 g/mol. The van der Waals surface area contributed by atoms with Gasteiger partial charge in [-0.15, -0.1) is 0 Å². The molecule has 2 unspecified atom stereocenters. The van der Waals surface area contributed by atoms with Gasteiger partial charge in [0.15, 0.2) is 0 Å². The lowest BCUT2D eigenvalue weighted by atomic mass is 10.0. The van der Waals surface area contributed by atoms with Crippen LogP contribution in [-0.4, -0.2) is 36.6 Å². The maximum Gasteiger partial charge on any atom is 0.0253 e. The average Bonchev–Trinajstić information content (AvgIpc) is 2.70. The summed E-state index contributed by atoms with van der Waals surface area (Å²) >= 11 is 0. The minimum absolute atomic E-state index is 0.761. The zero-order chi connectivity index (χ0) is 9.97. The first kappa shape index (κ1) is 10.2. The van der Waals surface area contributed by atoms with E-state index in [9.17, 15) is 0 Å². The molecule has 1 N–H and O–H groups in total. The van der Waals surface area contributed by atoms with Crippen LogP contribution in [0.1, 0.15) is 32.6 Å². The zero-order valence-electron chi connectivity index (χ0n) is 9.26. The molecule has 2 saturated heterocycles. The third kappa shape index (κ3) is 2.18. The Labute approximate surface area is 87.4 Å². The van der Waals surface area contributed by atoms with Crippen LogP contribution in [0.15, 0.2) is 12.2 Å². The van der Waals surface area contributed by atoms with Gasteiger partial charge in [0.2, 0.25) is 0 Å². The van der Waals surface area contributed by atoms with Crippen molar-refractivity contribution in [3.05, 3.63) is 12.2 Å². The molecule has 2 aliphatic heterocycles. The third-order valence-corrected chi connectivity index (χ3v) is 3.45. The number of hydrogen-bond acceptors (Lipinski definition) is 2. The second kappa shape index (κ2) is 4.45. The standard InChI is InChI=1S/C12H22N2/c1-10(2)9-14-8-4-6-12(14)11-5-3-7-13-11/h11-13H,1,3-9H2,2H3. The molecule has 0 bridgehead atoms. The van der Waals surface area contributed by atoms with Crippen molar-refractivity contribution in [2.45, 2.75) is 44.7 Å². The Kier molecular flexibility index (Phi) is 3.24. The van der Waals surface area contributed by atoms with E-state index in [2.05, 4.69) is 23.7 Å². The first-order valence-electron chi connectivity index (χ1n) is 5.89. The molecule has 2 nitrogen and oxygen atoms in total.